The van der Waals surface area contributed by atoms with Gasteiger partial charge in [0.15, 0.2) is 0 Å². The third kappa shape index (κ3) is 4.65. The molecule has 2 heterocycles. The number of amides is 2. The van der Waals surface area contributed by atoms with Gasteiger partial charge >= 0.3 is 0 Å². The van der Waals surface area contributed by atoms with Gasteiger partial charge in [-0.1, -0.05) is 49.7 Å². The molecule has 3 unspecified atom stereocenters. The van der Waals surface area contributed by atoms with Crippen molar-refractivity contribution in [2.45, 2.75) is 36.6 Å². The number of carbonyl (C=O) groups excluding carboxylic acids is 2. The van der Waals surface area contributed by atoms with Crippen LogP contribution in [0.15, 0.2) is 76.5 Å². The van der Waals surface area contributed by atoms with Gasteiger partial charge < -0.3 is 9.80 Å². The van der Waals surface area contributed by atoms with E-state index in [-0.39, 0.29) is 18.4 Å². The summed E-state index contributed by atoms with van der Waals surface area (Å²) < 4.78 is 13.6. The SMILES string of the molecule is CC1CC(C)CN(C(=O)c2ccc3c(c2)N(Cc2ccc(Cl)cc2)C(=O)c2ccccc2S3=O)C1. The molecule has 0 bridgehead atoms. The molecule has 1 fully saturated rings. The smallest absolute Gasteiger partial charge is 0.259 e. The minimum atomic E-state index is -1.56. The van der Waals surface area contributed by atoms with Gasteiger partial charge in [0, 0.05) is 23.7 Å². The molecule has 35 heavy (non-hydrogen) atoms. The predicted octanol–water partition coefficient (Wildman–Crippen LogP) is 5.79. The van der Waals surface area contributed by atoms with E-state index < -0.39 is 10.8 Å². The van der Waals surface area contributed by atoms with E-state index in [1.165, 1.54) is 0 Å². The Kier molecular flexibility index (Phi) is 6.51. The summed E-state index contributed by atoms with van der Waals surface area (Å²) >= 11 is 6.06. The Bertz CT molecular complexity index is 1310. The van der Waals surface area contributed by atoms with Gasteiger partial charge in [-0.2, -0.15) is 0 Å². The summed E-state index contributed by atoms with van der Waals surface area (Å²) in [5, 5.41) is 0.612. The molecule has 0 spiro atoms. The Morgan fingerprint density at radius 3 is 2.37 bits per heavy atom. The summed E-state index contributed by atoms with van der Waals surface area (Å²) in [6, 6.07) is 19.5. The minimum Gasteiger partial charge on any atom is -0.338 e. The second kappa shape index (κ2) is 9.59. The number of hydrogen-bond donors (Lipinski definition) is 0. The van der Waals surface area contributed by atoms with E-state index in [1.807, 2.05) is 17.0 Å². The van der Waals surface area contributed by atoms with Gasteiger partial charge in [-0.15, -0.1) is 0 Å². The second-order valence-electron chi connectivity index (χ2n) is 9.62. The fourth-order valence-corrected chi connectivity index (χ4v) is 6.61. The molecule has 0 aliphatic carbocycles. The van der Waals surface area contributed by atoms with Crippen molar-refractivity contribution in [1.29, 1.82) is 0 Å². The Labute approximate surface area is 213 Å². The maximum absolute atomic E-state index is 13.8. The lowest BCUT2D eigenvalue weighted by molar-refractivity contribution is 0.0623. The van der Waals surface area contributed by atoms with Crippen LogP contribution >= 0.6 is 11.6 Å². The molecule has 0 N–H and O–H groups in total. The molecule has 3 aromatic carbocycles. The first-order chi connectivity index (χ1) is 16.8. The number of rotatable bonds is 3. The van der Waals surface area contributed by atoms with Crippen molar-refractivity contribution >= 4 is 39.9 Å². The van der Waals surface area contributed by atoms with Crippen LogP contribution in [-0.2, 0) is 17.3 Å². The maximum Gasteiger partial charge on any atom is 0.259 e. The molecule has 3 atom stereocenters. The van der Waals surface area contributed by atoms with Crippen molar-refractivity contribution in [3.8, 4) is 0 Å². The number of piperidine rings is 1. The van der Waals surface area contributed by atoms with Gasteiger partial charge in [0.25, 0.3) is 11.8 Å². The van der Waals surface area contributed by atoms with Crippen LogP contribution in [0.5, 0.6) is 0 Å². The lowest BCUT2D eigenvalue weighted by atomic mass is 9.91. The van der Waals surface area contributed by atoms with Gasteiger partial charge in [-0.25, -0.2) is 4.21 Å². The Balaban J connectivity index is 1.60. The number of likely N-dealkylation sites (tertiary alicyclic amines) is 1. The molecule has 0 aromatic heterocycles. The number of hydrogen-bond acceptors (Lipinski definition) is 3. The molecule has 1 saturated heterocycles. The van der Waals surface area contributed by atoms with E-state index in [0.717, 1.165) is 12.0 Å². The van der Waals surface area contributed by atoms with E-state index in [4.69, 9.17) is 11.6 Å². The summed E-state index contributed by atoms with van der Waals surface area (Å²) in [6.07, 6.45) is 1.11. The van der Waals surface area contributed by atoms with E-state index >= 15 is 0 Å². The first kappa shape index (κ1) is 23.8. The van der Waals surface area contributed by atoms with Crippen LogP contribution in [-0.4, -0.2) is 34.0 Å². The summed E-state index contributed by atoms with van der Waals surface area (Å²) in [7, 11) is -1.56. The molecular weight excluding hydrogens is 480 g/mol. The van der Waals surface area contributed by atoms with Crippen LogP contribution in [0.1, 0.15) is 46.5 Å². The van der Waals surface area contributed by atoms with Gasteiger partial charge in [0.2, 0.25) is 0 Å². The minimum absolute atomic E-state index is 0.0577. The van der Waals surface area contributed by atoms with Crippen LogP contribution in [0.2, 0.25) is 5.02 Å². The van der Waals surface area contributed by atoms with Crippen molar-refractivity contribution in [1.82, 2.24) is 4.90 Å². The maximum atomic E-state index is 13.8. The average molecular weight is 507 g/mol. The van der Waals surface area contributed by atoms with Crippen LogP contribution in [0.3, 0.4) is 0 Å². The van der Waals surface area contributed by atoms with E-state index in [1.54, 1.807) is 59.5 Å². The van der Waals surface area contributed by atoms with Crippen LogP contribution < -0.4 is 4.90 Å². The molecule has 0 saturated carbocycles. The zero-order chi connectivity index (χ0) is 24.7. The van der Waals surface area contributed by atoms with E-state index in [2.05, 4.69) is 13.8 Å². The molecule has 5 rings (SSSR count). The summed E-state index contributed by atoms with van der Waals surface area (Å²) in [4.78, 5) is 31.8. The number of carbonyl (C=O) groups is 2. The molecule has 2 amide bonds. The highest BCUT2D eigenvalue weighted by Crippen LogP contribution is 2.36. The average Bonchev–Trinajstić information content (AvgIpc) is 2.93. The van der Waals surface area contributed by atoms with Crippen molar-refractivity contribution < 1.29 is 13.8 Å². The zero-order valence-electron chi connectivity index (χ0n) is 19.7. The van der Waals surface area contributed by atoms with Crippen LogP contribution in [0.25, 0.3) is 0 Å². The molecule has 2 aliphatic rings. The third-order valence-corrected chi connectivity index (χ3v) is 8.42. The van der Waals surface area contributed by atoms with Gasteiger partial charge in [-0.3, -0.25) is 9.59 Å². The highest BCUT2D eigenvalue weighted by Gasteiger charge is 2.33. The van der Waals surface area contributed by atoms with Gasteiger partial charge in [0.1, 0.15) is 0 Å². The van der Waals surface area contributed by atoms with Crippen LogP contribution in [0.4, 0.5) is 5.69 Å². The Morgan fingerprint density at radius 1 is 0.971 bits per heavy atom. The summed E-state index contributed by atoms with van der Waals surface area (Å²) in [6.45, 7) is 6.03. The molecule has 5 nitrogen and oxygen atoms in total. The standard InChI is InChI=1S/C28H27ClN2O3S/c1-18-13-19(2)16-30(15-18)27(32)21-9-12-26-24(14-21)31(17-20-7-10-22(29)11-8-20)28(33)23-5-3-4-6-25(23)35(26)34/h3-12,14,18-19H,13,15-17H2,1-2H3. The summed E-state index contributed by atoms with van der Waals surface area (Å²) in [5.74, 6) is 0.576. The van der Waals surface area contributed by atoms with Crippen molar-refractivity contribution in [2.75, 3.05) is 18.0 Å². The van der Waals surface area contributed by atoms with Gasteiger partial charge in [0.05, 0.1) is 38.4 Å². The first-order valence-corrected chi connectivity index (χ1v) is 13.3. The topological polar surface area (TPSA) is 57.7 Å². The molecular formula is C28H27ClN2O3S. The molecule has 2 aliphatic heterocycles. The van der Waals surface area contributed by atoms with E-state index in [9.17, 15) is 13.8 Å². The third-order valence-electron chi connectivity index (χ3n) is 6.67. The number of fused-ring (bicyclic) bond motifs is 2. The van der Waals surface area contributed by atoms with Crippen molar-refractivity contribution in [3.05, 3.63) is 88.4 Å². The number of nitrogens with zero attached hydrogens (tertiary/aromatic N) is 2. The largest absolute Gasteiger partial charge is 0.338 e. The van der Waals surface area contributed by atoms with E-state index in [0.29, 0.717) is 56.6 Å². The van der Waals surface area contributed by atoms with Crippen molar-refractivity contribution in [3.63, 3.8) is 0 Å². The lowest BCUT2D eigenvalue weighted by Gasteiger charge is -2.35. The van der Waals surface area contributed by atoms with Gasteiger partial charge in [-0.05, 0) is 66.3 Å². The van der Waals surface area contributed by atoms with Crippen LogP contribution in [0, 0.1) is 11.8 Å². The monoisotopic (exact) mass is 506 g/mol. The highest BCUT2D eigenvalue weighted by atomic mass is 35.5. The fourth-order valence-electron chi connectivity index (χ4n) is 5.14. The number of anilines is 1. The lowest BCUT2D eigenvalue weighted by Crippen LogP contribution is -2.42. The quantitative estimate of drug-likeness (QED) is 0.452. The zero-order valence-corrected chi connectivity index (χ0v) is 21.3. The number of benzene rings is 3. The molecule has 180 valence electrons. The molecule has 3 aromatic rings. The Morgan fingerprint density at radius 2 is 1.66 bits per heavy atom. The normalized spacial score (nSPS) is 21.8. The first-order valence-electron chi connectivity index (χ1n) is 11.8. The highest BCUT2D eigenvalue weighted by molar-refractivity contribution is 7.85. The summed E-state index contributed by atoms with van der Waals surface area (Å²) in [5.41, 5.74) is 2.29. The molecule has 0 radical (unpaired) electrons. The number of halogens is 1. The predicted molar refractivity (Wildman–Crippen MR) is 138 cm³/mol. The fraction of sp³-hybridized carbons (Fsp3) is 0.286. The molecule has 7 heteroatoms. The Hall–Kier alpha value is -2.96. The second-order valence-corrected chi connectivity index (χ2v) is 11.5. The van der Waals surface area contributed by atoms with Crippen molar-refractivity contribution in [2.24, 2.45) is 11.8 Å².